The van der Waals surface area contributed by atoms with Gasteiger partial charge in [0.15, 0.2) is 0 Å². The molecule has 126 valence electrons. The van der Waals surface area contributed by atoms with Crippen LogP contribution < -0.4 is 5.32 Å². The average molecular weight is 334 g/mol. The van der Waals surface area contributed by atoms with Gasteiger partial charge in [-0.3, -0.25) is 9.78 Å². The molecule has 3 rings (SSSR count). The lowest BCUT2D eigenvalue weighted by molar-refractivity contribution is -0.203. The Bertz CT molecular complexity index is 738. The van der Waals surface area contributed by atoms with E-state index in [1.165, 1.54) is 0 Å². The third-order valence-electron chi connectivity index (χ3n) is 4.42. The molecule has 0 aliphatic heterocycles. The van der Waals surface area contributed by atoms with E-state index in [9.17, 15) is 18.0 Å². The molecule has 1 aliphatic carbocycles. The van der Waals surface area contributed by atoms with Gasteiger partial charge in [0.25, 0.3) is 0 Å². The van der Waals surface area contributed by atoms with Crippen LogP contribution in [0.1, 0.15) is 18.4 Å². The standard InChI is InChI=1S/C18H17F3N2O/c1-11-5-6-14(10-15(11)16-4-2-3-7-22-16)23-17(24)12-8-13(9-12)18(19,20)21/h2-7,10,12-13H,8-9H2,1H3,(H,23,24). The molecule has 1 heterocycles. The largest absolute Gasteiger partial charge is 0.391 e. The van der Waals surface area contributed by atoms with Crippen LogP contribution in [-0.2, 0) is 4.79 Å². The molecule has 0 unspecified atom stereocenters. The molecule has 0 radical (unpaired) electrons. The second-order valence-corrected chi connectivity index (χ2v) is 6.14. The number of halogens is 3. The van der Waals surface area contributed by atoms with Crippen molar-refractivity contribution in [1.29, 1.82) is 0 Å². The van der Waals surface area contributed by atoms with E-state index in [2.05, 4.69) is 10.3 Å². The van der Waals surface area contributed by atoms with Crippen LogP contribution in [0.3, 0.4) is 0 Å². The maximum atomic E-state index is 12.5. The molecule has 2 aromatic rings. The van der Waals surface area contributed by atoms with Gasteiger partial charge in [-0.1, -0.05) is 12.1 Å². The number of benzene rings is 1. The van der Waals surface area contributed by atoms with Crippen LogP contribution in [0, 0.1) is 18.8 Å². The second kappa shape index (κ2) is 6.26. The second-order valence-electron chi connectivity index (χ2n) is 6.14. The van der Waals surface area contributed by atoms with Gasteiger partial charge in [-0.25, -0.2) is 0 Å². The first kappa shape index (κ1) is 16.5. The zero-order valence-electron chi connectivity index (χ0n) is 13.1. The van der Waals surface area contributed by atoms with Crippen molar-refractivity contribution in [2.45, 2.75) is 25.9 Å². The van der Waals surface area contributed by atoms with Crippen LogP contribution in [-0.4, -0.2) is 17.1 Å². The van der Waals surface area contributed by atoms with Crippen LogP contribution in [0.15, 0.2) is 42.6 Å². The SMILES string of the molecule is Cc1ccc(NC(=O)C2CC(C(F)(F)F)C2)cc1-c1ccccn1. The minimum absolute atomic E-state index is 0.131. The Morgan fingerprint density at radius 2 is 1.96 bits per heavy atom. The summed E-state index contributed by atoms with van der Waals surface area (Å²) in [5, 5.41) is 2.72. The van der Waals surface area contributed by atoms with Crippen molar-refractivity contribution in [1.82, 2.24) is 4.98 Å². The lowest BCUT2D eigenvalue weighted by atomic mass is 9.74. The van der Waals surface area contributed by atoms with Gasteiger partial charge in [0.2, 0.25) is 5.91 Å². The number of aryl methyl sites for hydroxylation is 1. The minimum Gasteiger partial charge on any atom is -0.326 e. The first-order valence-electron chi connectivity index (χ1n) is 7.74. The number of alkyl halides is 3. The highest BCUT2D eigenvalue weighted by Crippen LogP contribution is 2.45. The van der Waals surface area contributed by atoms with Crippen LogP contribution in [0.5, 0.6) is 0 Å². The van der Waals surface area contributed by atoms with E-state index in [0.29, 0.717) is 5.69 Å². The van der Waals surface area contributed by atoms with Gasteiger partial charge in [-0.2, -0.15) is 13.2 Å². The molecule has 1 saturated carbocycles. The lowest BCUT2D eigenvalue weighted by Crippen LogP contribution is -2.41. The summed E-state index contributed by atoms with van der Waals surface area (Å²) in [7, 11) is 0. The van der Waals surface area contributed by atoms with Crippen LogP contribution >= 0.6 is 0 Å². The predicted octanol–water partition coefficient (Wildman–Crippen LogP) is 4.58. The molecule has 1 N–H and O–H groups in total. The number of carbonyl (C=O) groups is 1. The van der Waals surface area contributed by atoms with Crippen molar-refractivity contribution in [3.63, 3.8) is 0 Å². The van der Waals surface area contributed by atoms with Crippen molar-refractivity contribution in [3.8, 4) is 11.3 Å². The van der Waals surface area contributed by atoms with E-state index in [4.69, 9.17) is 0 Å². The molecule has 3 nitrogen and oxygen atoms in total. The molecule has 0 atom stereocenters. The van der Waals surface area contributed by atoms with Crippen LogP contribution in [0.2, 0.25) is 0 Å². The molecule has 0 bridgehead atoms. The van der Waals surface area contributed by atoms with Gasteiger partial charge in [-0.15, -0.1) is 0 Å². The van der Waals surface area contributed by atoms with Crippen LogP contribution in [0.4, 0.5) is 18.9 Å². The third kappa shape index (κ3) is 3.42. The fourth-order valence-corrected chi connectivity index (χ4v) is 2.84. The van der Waals surface area contributed by atoms with Crippen molar-refractivity contribution in [3.05, 3.63) is 48.2 Å². The summed E-state index contributed by atoms with van der Waals surface area (Å²) in [6.45, 7) is 1.94. The molecule has 1 amide bonds. The van der Waals surface area contributed by atoms with E-state index in [1.807, 2.05) is 31.2 Å². The summed E-state index contributed by atoms with van der Waals surface area (Å²) in [6, 6.07) is 11.0. The highest BCUT2D eigenvalue weighted by Gasteiger charge is 2.49. The number of carbonyl (C=O) groups excluding carboxylic acids is 1. The quantitative estimate of drug-likeness (QED) is 0.892. The molecule has 1 aromatic heterocycles. The Hall–Kier alpha value is -2.37. The Kier molecular flexibility index (Phi) is 4.30. The summed E-state index contributed by atoms with van der Waals surface area (Å²) in [4.78, 5) is 16.4. The highest BCUT2D eigenvalue weighted by molar-refractivity contribution is 5.93. The lowest BCUT2D eigenvalue weighted by Gasteiger charge is -2.35. The summed E-state index contributed by atoms with van der Waals surface area (Å²) in [5.41, 5.74) is 3.25. The minimum atomic E-state index is -4.20. The summed E-state index contributed by atoms with van der Waals surface area (Å²) < 4.78 is 37.5. The Morgan fingerprint density at radius 3 is 2.58 bits per heavy atom. The summed E-state index contributed by atoms with van der Waals surface area (Å²) in [6.07, 6.45) is -2.78. The summed E-state index contributed by atoms with van der Waals surface area (Å²) >= 11 is 0. The fourth-order valence-electron chi connectivity index (χ4n) is 2.84. The molecule has 1 fully saturated rings. The number of aromatic nitrogens is 1. The molecule has 0 saturated heterocycles. The van der Waals surface area contributed by atoms with Crippen molar-refractivity contribution in [2.24, 2.45) is 11.8 Å². The monoisotopic (exact) mass is 334 g/mol. The molecule has 1 aliphatic rings. The molecule has 6 heteroatoms. The number of pyridine rings is 1. The smallest absolute Gasteiger partial charge is 0.326 e. The van der Waals surface area contributed by atoms with E-state index < -0.39 is 18.0 Å². The number of hydrogen-bond acceptors (Lipinski definition) is 2. The Balaban J connectivity index is 1.70. The number of amides is 1. The predicted molar refractivity (Wildman–Crippen MR) is 85.3 cm³/mol. The van der Waals surface area contributed by atoms with Gasteiger partial charge >= 0.3 is 6.18 Å². The van der Waals surface area contributed by atoms with E-state index >= 15 is 0 Å². The number of hydrogen-bond donors (Lipinski definition) is 1. The zero-order chi connectivity index (χ0) is 17.3. The van der Waals surface area contributed by atoms with Crippen LogP contribution in [0.25, 0.3) is 11.3 Å². The third-order valence-corrected chi connectivity index (χ3v) is 4.42. The number of rotatable bonds is 3. The molecule has 1 aromatic carbocycles. The van der Waals surface area contributed by atoms with E-state index in [-0.39, 0.29) is 18.7 Å². The van der Waals surface area contributed by atoms with Gasteiger partial charge < -0.3 is 5.32 Å². The maximum absolute atomic E-state index is 12.5. The highest BCUT2D eigenvalue weighted by atomic mass is 19.4. The zero-order valence-corrected chi connectivity index (χ0v) is 13.1. The normalized spacial score (nSPS) is 20.3. The van der Waals surface area contributed by atoms with Gasteiger partial charge in [0, 0.05) is 23.4 Å². The number of anilines is 1. The van der Waals surface area contributed by atoms with Crippen molar-refractivity contribution >= 4 is 11.6 Å². The Morgan fingerprint density at radius 1 is 1.21 bits per heavy atom. The number of nitrogens with zero attached hydrogens (tertiary/aromatic N) is 1. The van der Waals surface area contributed by atoms with Gasteiger partial charge in [-0.05, 0) is 49.6 Å². The van der Waals surface area contributed by atoms with Crippen molar-refractivity contribution < 1.29 is 18.0 Å². The molecule has 24 heavy (non-hydrogen) atoms. The van der Waals surface area contributed by atoms with Crippen molar-refractivity contribution in [2.75, 3.05) is 5.32 Å². The molecular formula is C18H17F3N2O. The Labute approximate surface area is 137 Å². The first-order chi connectivity index (χ1) is 11.3. The average Bonchev–Trinajstić information content (AvgIpc) is 2.47. The fraction of sp³-hybridized carbons (Fsp3) is 0.333. The van der Waals surface area contributed by atoms with Gasteiger partial charge in [0.1, 0.15) is 0 Å². The molecule has 0 spiro atoms. The molecular weight excluding hydrogens is 317 g/mol. The maximum Gasteiger partial charge on any atom is 0.391 e. The topological polar surface area (TPSA) is 42.0 Å². The van der Waals surface area contributed by atoms with E-state index in [0.717, 1.165) is 16.8 Å². The summed E-state index contributed by atoms with van der Waals surface area (Å²) in [5.74, 6) is -2.28. The number of nitrogens with one attached hydrogen (secondary N) is 1. The van der Waals surface area contributed by atoms with E-state index in [1.54, 1.807) is 18.3 Å². The first-order valence-corrected chi connectivity index (χ1v) is 7.74. The van der Waals surface area contributed by atoms with Gasteiger partial charge in [0.05, 0.1) is 11.6 Å².